The predicted octanol–water partition coefficient (Wildman–Crippen LogP) is 0.162. The van der Waals surface area contributed by atoms with Crippen molar-refractivity contribution in [1.82, 2.24) is 4.90 Å². The van der Waals surface area contributed by atoms with Gasteiger partial charge in [0.1, 0.15) is 29.4 Å². The Labute approximate surface area is 230 Å². The second kappa shape index (κ2) is 10.1. The van der Waals surface area contributed by atoms with Crippen molar-refractivity contribution in [3.05, 3.63) is 39.9 Å². The Bertz CT molecular complexity index is 1380. The maximum Gasteiger partial charge on any atom is 0.325 e. The topological polar surface area (TPSA) is 203 Å². The molecule has 0 aromatic heterocycles. The molecule has 1 aromatic carbocycles. The molecule has 0 unspecified atom stereocenters. The standard InChI is InChI=1S/C27H34N4O9/c1-6-40-16(32)10-29-14-9-15(30(2)3)12-7-11-8-13-20(31(4)5)23(35)19(26(28)38)25(37)27(13,39)24(36)17(11)22(34)18(12)21(14)33/h9,11,13,20,29,33,35-36,39H,6-8,10H2,1-5H3,(H2,28,38)/t11-,13-,20+,27-/m1/s1. The van der Waals surface area contributed by atoms with Crippen molar-refractivity contribution in [2.75, 3.05) is 51.6 Å². The SMILES string of the molecule is CCOC(=O)CNc1cc(N(C)C)c2c(c1O)C(=O)C1=C(O)[C@@]3(O)C(=O)C(C(N)=O)=C(O)[C@@H](N(C)C)[C@H]3C[C@H]1C2. The fraction of sp³-hybridized carbons (Fsp3) is 0.481. The molecular formula is C27H34N4O9. The second-order valence-corrected chi connectivity index (χ2v) is 10.7. The lowest BCUT2D eigenvalue weighted by Crippen LogP contribution is -2.63. The van der Waals surface area contributed by atoms with E-state index in [1.54, 1.807) is 46.1 Å². The van der Waals surface area contributed by atoms with Crippen LogP contribution in [0.25, 0.3) is 0 Å². The number of nitrogens with two attached hydrogens (primary N) is 1. The van der Waals surface area contributed by atoms with E-state index in [0.717, 1.165) is 0 Å². The van der Waals surface area contributed by atoms with Gasteiger partial charge in [0, 0.05) is 31.3 Å². The third-order valence-corrected chi connectivity index (χ3v) is 7.91. The third-order valence-electron chi connectivity index (χ3n) is 7.91. The summed E-state index contributed by atoms with van der Waals surface area (Å²) in [5.74, 6) is -7.82. The highest BCUT2D eigenvalue weighted by atomic mass is 16.5. The summed E-state index contributed by atoms with van der Waals surface area (Å²) in [5, 5.41) is 47.9. The quantitative estimate of drug-likeness (QED) is 0.151. The zero-order valence-electron chi connectivity index (χ0n) is 22.9. The Hall–Kier alpha value is -4.10. The average molecular weight is 559 g/mol. The first-order valence-corrected chi connectivity index (χ1v) is 12.8. The summed E-state index contributed by atoms with van der Waals surface area (Å²) in [6.45, 7) is 1.53. The number of phenolic OH excluding ortho intramolecular Hbond substituents is 1. The average Bonchev–Trinajstić information content (AvgIpc) is 2.85. The number of ether oxygens (including phenoxy) is 1. The number of aromatic hydroxyl groups is 1. The number of rotatable bonds is 7. The monoisotopic (exact) mass is 558 g/mol. The molecule has 0 fully saturated rings. The Morgan fingerprint density at radius 2 is 1.82 bits per heavy atom. The minimum absolute atomic E-state index is 0.0117. The molecular weight excluding hydrogens is 524 g/mol. The number of aliphatic hydroxyl groups is 3. The number of amides is 1. The van der Waals surface area contributed by atoms with Crippen LogP contribution in [0.3, 0.4) is 0 Å². The van der Waals surface area contributed by atoms with Gasteiger partial charge in [-0.3, -0.25) is 24.1 Å². The van der Waals surface area contributed by atoms with E-state index in [0.29, 0.717) is 11.3 Å². The number of primary amides is 1. The highest BCUT2D eigenvalue weighted by Gasteiger charge is 2.63. The molecule has 3 aliphatic rings. The van der Waals surface area contributed by atoms with Crippen LogP contribution in [-0.2, 0) is 25.5 Å². The highest BCUT2D eigenvalue weighted by Crippen LogP contribution is 2.53. The molecule has 7 N–H and O–H groups in total. The van der Waals surface area contributed by atoms with E-state index in [4.69, 9.17) is 10.5 Å². The van der Waals surface area contributed by atoms with Crippen molar-refractivity contribution in [1.29, 1.82) is 0 Å². The van der Waals surface area contributed by atoms with Crippen molar-refractivity contribution in [2.45, 2.75) is 31.4 Å². The molecule has 1 aromatic rings. The molecule has 4 atom stereocenters. The van der Waals surface area contributed by atoms with Crippen LogP contribution < -0.4 is 16.0 Å². The van der Waals surface area contributed by atoms with Crippen LogP contribution in [0.2, 0.25) is 0 Å². The normalized spacial score (nSPS) is 25.8. The predicted molar refractivity (Wildman–Crippen MR) is 143 cm³/mol. The number of allylic oxidation sites excluding steroid dienone is 1. The summed E-state index contributed by atoms with van der Waals surface area (Å²) < 4.78 is 4.91. The number of phenols is 1. The van der Waals surface area contributed by atoms with Gasteiger partial charge in [0.05, 0.1) is 23.9 Å². The number of carbonyl (C=O) groups excluding carboxylic acids is 4. The summed E-state index contributed by atoms with van der Waals surface area (Å²) in [5.41, 5.74) is 2.47. The lowest BCUT2D eigenvalue weighted by Gasteiger charge is -2.50. The minimum Gasteiger partial charge on any atom is -0.510 e. The summed E-state index contributed by atoms with van der Waals surface area (Å²) in [4.78, 5) is 54.6. The van der Waals surface area contributed by atoms with E-state index < -0.39 is 69.8 Å². The zero-order valence-corrected chi connectivity index (χ0v) is 22.9. The van der Waals surface area contributed by atoms with Crippen LogP contribution in [-0.4, -0.2) is 102 Å². The van der Waals surface area contributed by atoms with E-state index in [2.05, 4.69) is 5.32 Å². The molecule has 0 aliphatic heterocycles. The van der Waals surface area contributed by atoms with Gasteiger partial charge < -0.3 is 41.1 Å². The van der Waals surface area contributed by atoms with Gasteiger partial charge in [-0.2, -0.15) is 0 Å². The number of fused-ring (bicyclic) bond motifs is 3. The van der Waals surface area contributed by atoms with E-state index in [-0.39, 0.29) is 42.8 Å². The summed E-state index contributed by atoms with van der Waals surface area (Å²) in [7, 11) is 6.62. The van der Waals surface area contributed by atoms with Gasteiger partial charge in [-0.1, -0.05) is 0 Å². The Balaban J connectivity index is 1.90. The summed E-state index contributed by atoms with van der Waals surface area (Å²) in [6.07, 6.45) is 0.135. The van der Waals surface area contributed by atoms with Crippen molar-refractivity contribution >= 4 is 34.8 Å². The Kier molecular flexibility index (Phi) is 7.32. The van der Waals surface area contributed by atoms with Crippen LogP contribution in [0.5, 0.6) is 5.75 Å². The summed E-state index contributed by atoms with van der Waals surface area (Å²) >= 11 is 0. The van der Waals surface area contributed by atoms with Crippen molar-refractivity contribution < 1.29 is 44.3 Å². The maximum absolute atomic E-state index is 14.0. The number of carbonyl (C=O) groups is 4. The lowest BCUT2D eigenvalue weighted by molar-refractivity contribution is -0.148. The van der Waals surface area contributed by atoms with Crippen molar-refractivity contribution in [3.8, 4) is 5.75 Å². The largest absolute Gasteiger partial charge is 0.510 e. The second-order valence-electron chi connectivity index (χ2n) is 10.7. The van der Waals surface area contributed by atoms with Crippen LogP contribution in [0.1, 0.15) is 29.3 Å². The number of likely N-dealkylation sites (N-methyl/N-ethyl adjacent to an activating group) is 1. The van der Waals surface area contributed by atoms with Crippen LogP contribution in [0.15, 0.2) is 28.7 Å². The number of ketones is 2. The van der Waals surface area contributed by atoms with Crippen LogP contribution in [0, 0.1) is 11.8 Å². The minimum atomic E-state index is -2.72. The molecule has 0 radical (unpaired) electrons. The van der Waals surface area contributed by atoms with Crippen LogP contribution in [0.4, 0.5) is 11.4 Å². The van der Waals surface area contributed by atoms with E-state index >= 15 is 0 Å². The molecule has 216 valence electrons. The molecule has 0 bridgehead atoms. The highest BCUT2D eigenvalue weighted by molar-refractivity contribution is 6.25. The summed E-state index contributed by atoms with van der Waals surface area (Å²) in [6, 6.07) is 0.524. The molecule has 0 saturated heterocycles. The van der Waals surface area contributed by atoms with Gasteiger partial charge in [-0.25, -0.2) is 0 Å². The molecule has 3 aliphatic carbocycles. The number of aliphatic hydroxyl groups excluding tert-OH is 2. The molecule has 13 nitrogen and oxygen atoms in total. The van der Waals surface area contributed by atoms with E-state index in [9.17, 15) is 39.6 Å². The molecule has 0 saturated carbocycles. The van der Waals surface area contributed by atoms with Gasteiger partial charge >= 0.3 is 5.97 Å². The molecule has 0 heterocycles. The van der Waals surface area contributed by atoms with Gasteiger partial charge in [0.2, 0.25) is 5.78 Å². The number of esters is 1. The number of nitrogens with zero attached hydrogens (tertiary/aromatic N) is 2. The van der Waals surface area contributed by atoms with Crippen molar-refractivity contribution in [3.63, 3.8) is 0 Å². The van der Waals surface area contributed by atoms with Crippen molar-refractivity contribution in [2.24, 2.45) is 17.6 Å². The fourth-order valence-corrected chi connectivity index (χ4v) is 6.21. The smallest absolute Gasteiger partial charge is 0.325 e. The molecule has 40 heavy (non-hydrogen) atoms. The Morgan fingerprint density at radius 1 is 1.18 bits per heavy atom. The van der Waals surface area contributed by atoms with E-state index in [1.807, 2.05) is 0 Å². The number of anilines is 2. The number of hydrogen-bond donors (Lipinski definition) is 6. The number of hydrogen-bond acceptors (Lipinski definition) is 12. The first kappa shape index (κ1) is 28.9. The van der Waals surface area contributed by atoms with E-state index in [1.165, 1.54) is 4.90 Å². The number of Topliss-reactive ketones (excluding diaryl/α,β-unsaturated/α-hetero) is 2. The molecule has 0 spiro atoms. The van der Waals surface area contributed by atoms with Gasteiger partial charge in [-0.05, 0) is 51.4 Å². The first-order chi connectivity index (χ1) is 18.7. The third kappa shape index (κ3) is 4.16. The number of nitrogens with one attached hydrogen (secondary N) is 1. The zero-order chi connectivity index (χ0) is 29.8. The maximum atomic E-state index is 14.0. The fourth-order valence-electron chi connectivity index (χ4n) is 6.21. The molecule has 1 amide bonds. The van der Waals surface area contributed by atoms with Gasteiger partial charge in [0.25, 0.3) is 5.91 Å². The Morgan fingerprint density at radius 3 is 2.38 bits per heavy atom. The van der Waals surface area contributed by atoms with Gasteiger partial charge in [-0.15, -0.1) is 0 Å². The number of benzene rings is 1. The van der Waals surface area contributed by atoms with Crippen LogP contribution >= 0.6 is 0 Å². The molecule has 4 rings (SSSR count). The van der Waals surface area contributed by atoms with Gasteiger partial charge in [0.15, 0.2) is 11.4 Å². The lowest BCUT2D eigenvalue weighted by atomic mass is 9.58. The first-order valence-electron chi connectivity index (χ1n) is 12.8. The molecule has 13 heteroatoms.